The van der Waals surface area contributed by atoms with Gasteiger partial charge in [0.2, 0.25) is 5.91 Å². The van der Waals surface area contributed by atoms with E-state index in [1.165, 1.54) is 0 Å². The molecule has 2 aliphatic rings. The normalized spacial score (nSPS) is 20.2. The number of primary amides is 1. The number of rotatable bonds is 3. The third-order valence-electron chi connectivity index (χ3n) is 6.44. The van der Waals surface area contributed by atoms with E-state index in [9.17, 15) is 13.2 Å². The van der Waals surface area contributed by atoms with Crippen molar-refractivity contribution < 1.29 is 13.2 Å². The van der Waals surface area contributed by atoms with Gasteiger partial charge >= 0.3 is 0 Å². The molecule has 2 aromatic carbocycles. The number of sulfone groups is 1. The highest BCUT2D eigenvalue weighted by molar-refractivity contribution is 7.91. The van der Waals surface area contributed by atoms with Crippen molar-refractivity contribution in [3.05, 3.63) is 59.7 Å². The Bertz CT molecular complexity index is 1320. The number of carbonyl (C=O) groups is 1. The van der Waals surface area contributed by atoms with Crippen LogP contribution in [0.3, 0.4) is 0 Å². The lowest BCUT2D eigenvalue weighted by Crippen LogP contribution is -2.40. The third kappa shape index (κ3) is 3.58. The smallest absolute Gasteiger partial charge is 0.240 e. The summed E-state index contributed by atoms with van der Waals surface area (Å²) in [6.45, 7) is 3.58. The molecule has 2 N–H and O–H groups in total. The van der Waals surface area contributed by atoms with Crippen molar-refractivity contribution in [2.24, 2.45) is 5.73 Å². The molecule has 0 bridgehead atoms. The monoisotopic (exact) mass is 450 g/mol. The highest BCUT2D eigenvalue weighted by Gasteiger charge is 2.32. The lowest BCUT2D eigenvalue weighted by Gasteiger charge is -2.29. The average molecular weight is 451 g/mol. The van der Waals surface area contributed by atoms with Crippen LogP contribution < -0.4 is 15.5 Å². The number of anilines is 2. The predicted molar refractivity (Wildman–Crippen MR) is 126 cm³/mol. The number of benzene rings is 2. The summed E-state index contributed by atoms with van der Waals surface area (Å²) in [6.07, 6.45) is 1.63. The SMILES string of the molecule is Cc1ccc2nc(N3CCS(=O)(=O)c4ccccc4C3)cc(N3CCC[C@H]3C(N)=O)c2c1. The molecule has 1 saturated heterocycles. The molecule has 7 nitrogen and oxygen atoms in total. The van der Waals surface area contributed by atoms with Gasteiger partial charge in [0.15, 0.2) is 9.84 Å². The lowest BCUT2D eigenvalue weighted by molar-refractivity contribution is -0.119. The summed E-state index contributed by atoms with van der Waals surface area (Å²) < 4.78 is 25.6. The van der Waals surface area contributed by atoms with Crippen LogP contribution in [0.5, 0.6) is 0 Å². The fourth-order valence-electron chi connectivity index (χ4n) is 4.82. The van der Waals surface area contributed by atoms with Gasteiger partial charge in [-0.3, -0.25) is 4.79 Å². The quantitative estimate of drug-likeness (QED) is 0.659. The number of aromatic nitrogens is 1. The lowest BCUT2D eigenvalue weighted by atomic mass is 10.1. The molecule has 3 aromatic rings. The van der Waals surface area contributed by atoms with E-state index in [4.69, 9.17) is 10.7 Å². The van der Waals surface area contributed by atoms with Crippen molar-refractivity contribution in [1.82, 2.24) is 4.98 Å². The standard InChI is InChI=1S/C24H26N4O3S/c1-16-8-9-19-18(13-16)21(28-10-4-6-20(28)24(25)29)14-23(26-19)27-11-12-32(30,31)22-7-3-2-5-17(22)15-27/h2-3,5,7-9,13-14,20H,4,6,10-12,15H2,1H3,(H2,25,29)/t20-/m0/s1. The molecule has 1 fully saturated rings. The largest absolute Gasteiger partial charge is 0.368 e. The maximum atomic E-state index is 12.8. The van der Waals surface area contributed by atoms with Gasteiger partial charge in [-0.15, -0.1) is 0 Å². The summed E-state index contributed by atoms with van der Waals surface area (Å²) in [7, 11) is -3.35. The average Bonchev–Trinajstić information content (AvgIpc) is 3.21. The first-order chi connectivity index (χ1) is 15.3. The number of fused-ring (bicyclic) bond motifs is 2. The van der Waals surface area contributed by atoms with Crippen molar-refractivity contribution in [2.75, 3.05) is 28.6 Å². The molecule has 0 spiro atoms. The van der Waals surface area contributed by atoms with Crippen LogP contribution in [0.15, 0.2) is 53.4 Å². The molecular weight excluding hydrogens is 424 g/mol. The van der Waals surface area contributed by atoms with Crippen molar-refractivity contribution in [3.63, 3.8) is 0 Å². The van der Waals surface area contributed by atoms with Crippen LogP contribution in [0, 0.1) is 6.92 Å². The first kappa shape index (κ1) is 20.8. The van der Waals surface area contributed by atoms with Crippen molar-refractivity contribution >= 4 is 38.2 Å². The Morgan fingerprint density at radius 3 is 2.75 bits per heavy atom. The summed E-state index contributed by atoms with van der Waals surface area (Å²) in [5, 5.41) is 0.977. The van der Waals surface area contributed by atoms with Crippen LogP contribution in [0.4, 0.5) is 11.5 Å². The maximum absolute atomic E-state index is 12.8. The second-order valence-electron chi connectivity index (χ2n) is 8.62. The van der Waals surface area contributed by atoms with Crippen LogP contribution in [0.1, 0.15) is 24.0 Å². The molecule has 5 rings (SSSR count). The van der Waals surface area contributed by atoms with E-state index in [0.717, 1.165) is 47.1 Å². The predicted octanol–water partition coefficient (Wildman–Crippen LogP) is 2.79. The van der Waals surface area contributed by atoms with E-state index in [1.807, 2.05) is 42.2 Å². The molecule has 0 aliphatic carbocycles. The van der Waals surface area contributed by atoms with Gasteiger partial charge in [-0.1, -0.05) is 29.8 Å². The number of nitrogens with two attached hydrogens (primary N) is 1. The van der Waals surface area contributed by atoms with Gasteiger partial charge in [-0.2, -0.15) is 0 Å². The maximum Gasteiger partial charge on any atom is 0.240 e. The van der Waals surface area contributed by atoms with E-state index in [1.54, 1.807) is 12.1 Å². The second kappa shape index (κ2) is 7.78. The van der Waals surface area contributed by atoms with Crippen molar-refractivity contribution in [3.8, 4) is 0 Å². The number of hydrogen-bond donors (Lipinski definition) is 1. The summed E-state index contributed by atoms with van der Waals surface area (Å²) in [4.78, 5) is 21.5. The zero-order valence-corrected chi connectivity index (χ0v) is 18.8. The van der Waals surface area contributed by atoms with E-state index in [0.29, 0.717) is 23.8 Å². The number of aryl methyl sites for hydroxylation is 1. The van der Waals surface area contributed by atoms with Gasteiger partial charge in [0, 0.05) is 31.1 Å². The minimum atomic E-state index is -3.35. The van der Waals surface area contributed by atoms with Gasteiger partial charge in [-0.25, -0.2) is 13.4 Å². The fraction of sp³-hybridized carbons (Fsp3) is 0.333. The molecule has 0 radical (unpaired) electrons. The van der Waals surface area contributed by atoms with Gasteiger partial charge in [0.05, 0.1) is 21.9 Å². The van der Waals surface area contributed by atoms with Crippen LogP contribution in [-0.4, -0.2) is 44.2 Å². The Kier molecular flexibility index (Phi) is 5.04. The number of amides is 1. The summed E-state index contributed by atoms with van der Waals surface area (Å²) in [5.41, 5.74) is 9.34. The summed E-state index contributed by atoms with van der Waals surface area (Å²) >= 11 is 0. The number of pyridine rings is 1. The number of hydrogen-bond acceptors (Lipinski definition) is 6. The molecule has 0 saturated carbocycles. The second-order valence-corrected chi connectivity index (χ2v) is 10.7. The summed E-state index contributed by atoms with van der Waals surface area (Å²) in [5.74, 6) is 0.412. The first-order valence-corrected chi connectivity index (χ1v) is 12.5. The Morgan fingerprint density at radius 2 is 1.94 bits per heavy atom. The molecule has 1 aromatic heterocycles. The van der Waals surface area contributed by atoms with Crippen molar-refractivity contribution in [1.29, 1.82) is 0 Å². The van der Waals surface area contributed by atoms with Gasteiger partial charge in [0.1, 0.15) is 11.9 Å². The van der Waals surface area contributed by atoms with Gasteiger partial charge in [0.25, 0.3) is 0 Å². The van der Waals surface area contributed by atoms with Crippen molar-refractivity contribution in [2.45, 2.75) is 37.2 Å². The molecule has 2 aliphatic heterocycles. The van der Waals surface area contributed by atoms with E-state index >= 15 is 0 Å². The zero-order valence-electron chi connectivity index (χ0n) is 18.0. The molecule has 1 atom stereocenters. The molecule has 0 unspecified atom stereocenters. The van der Waals surface area contributed by atoms with E-state index in [2.05, 4.69) is 11.0 Å². The molecular formula is C24H26N4O3S. The number of carbonyl (C=O) groups excluding carboxylic acids is 1. The van der Waals surface area contributed by atoms with E-state index in [-0.39, 0.29) is 17.7 Å². The van der Waals surface area contributed by atoms with Crippen LogP contribution in [0.2, 0.25) is 0 Å². The molecule has 32 heavy (non-hydrogen) atoms. The highest BCUT2D eigenvalue weighted by Crippen LogP contribution is 2.36. The van der Waals surface area contributed by atoms with Gasteiger partial charge in [-0.05, 0) is 43.5 Å². The Hall–Kier alpha value is -3.13. The minimum Gasteiger partial charge on any atom is -0.368 e. The minimum absolute atomic E-state index is 0.0284. The molecule has 166 valence electrons. The highest BCUT2D eigenvalue weighted by atomic mass is 32.2. The van der Waals surface area contributed by atoms with Crippen LogP contribution in [0.25, 0.3) is 10.9 Å². The summed E-state index contributed by atoms with van der Waals surface area (Å²) in [6, 6.07) is 14.9. The van der Waals surface area contributed by atoms with Gasteiger partial charge < -0.3 is 15.5 Å². The number of nitrogens with zero attached hydrogens (tertiary/aromatic N) is 3. The molecule has 1 amide bonds. The third-order valence-corrected chi connectivity index (χ3v) is 8.23. The molecule has 3 heterocycles. The topological polar surface area (TPSA) is 96.6 Å². The fourth-order valence-corrected chi connectivity index (χ4v) is 6.32. The first-order valence-electron chi connectivity index (χ1n) is 10.9. The molecule has 8 heteroatoms. The Morgan fingerprint density at radius 1 is 1.12 bits per heavy atom. The zero-order chi connectivity index (χ0) is 22.5. The van der Waals surface area contributed by atoms with E-state index < -0.39 is 9.84 Å². The Labute approximate surface area is 187 Å². The Balaban J connectivity index is 1.64. The van der Waals surface area contributed by atoms with Crippen LogP contribution >= 0.6 is 0 Å². The van der Waals surface area contributed by atoms with Crippen LogP contribution in [-0.2, 0) is 21.2 Å².